The summed E-state index contributed by atoms with van der Waals surface area (Å²) in [6.45, 7) is 1.74. The summed E-state index contributed by atoms with van der Waals surface area (Å²) in [6.07, 6.45) is 0.519. The molecule has 0 saturated heterocycles. The first-order valence-corrected chi connectivity index (χ1v) is 2.59. The van der Waals surface area contributed by atoms with Gasteiger partial charge in [-0.15, -0.1) is 0 Å². The topological polar surface area (TPSA) is 40.1 Å². The molecular formula is C4H7NaO2S. The minimum Gasteiger partial charge on any atom is -0.549 e. The van der Waals surface area contributed by atoms with E-state index in [1.165, 1.54) is 0 Å². The molecule has 0 radical (unpaired) electrons. The Labute approximate surface area is 76.4 Å². The van der Waals surface area contributed by atoms with E-state index in [1.807, 2.05) is 0 Å². The second kappa shape index (κ2) is 5.95. The Hall–Kier alpha value is 0.820. The molecule has 0 heterocycles. The summed E-state index contributed by atoms with van der Waals surface area (Å²) in [6, 6.07) is 0. The van der Waals surface area contributed by atoms with E-state index in [4.69, 9.17) is 0 Å². The molecule has 0 aromatic carbocycles. The molecule has 42 valence electrons. The van der Waals surface area contributed by atoms with E-state index in [0.29, 0.717) is 6.42 Å². The van der Waals surface area contributed by atoms with Crippen LogP contribution >= 0.6 is 12.6 Å². The van der Waals surface area contributed by atoms with Crippen molar-refractivity contribution in [1.82, 2.24) is 0 Å². The maximum absolute atomic E-state index is 9.74. The van der Waals surface area contributed by atoms with E-state index in [-0.39, 0.29) is 29.6 Å². The fraction of sp³-hybridized carbons (Fsp3) is 0.750. The number of hydrogen-bond donors (Lipinski definition) is 1. The molecular weight excluding hydrogens is 135 g/mol. The number of rotatable bonds is 2. The number of hydrogen-bond acceptors (Lipinski definition) is 3. The van der Waals surface area contributed by atoms with Crippen LogP contribution in [0.3, 0.4) is 0 Å². The number of carbonyl (C=O) groups excluding carboxylic acids is 1. The Bertz CT molecular complexity index is 76.4. The van der Waals surface area contributed by atoms with Crippen molar-refractivity contribution in [3.63, 3.8) is 0 Å². The van der Waals surface area contributed by atoms with Gasteiger partial charge in [0.25, 0.3) is 0 Å². The molecule has 0 unspecified atom stereocenters. The zero-order valence-electron chi connectivity index (χ0n) is 5.05. The molecule has 4 heteroatoms. The molecule has 0 aliphatic rings. The molecule has 0 aliphatic carbocycles. The van der Waals surface area contributed by atoms with Crippen LogP contribution < -0.4 is 34.7 Å². The van der Waals surface area contributed by atoms with Gasteiger partial charge in [0, 0.05) is 5.25 Å². The maximum Gasteiger partial charge on any atom is 1.00 e. The molecule has 0 amide bonds. The zero-order valence-corrected chi connectivity index (χ0v) is 7.94. The van der Waals surface area contributed by atoms with Gasteiger partial charge in [0.05, 0.1) is 5.97 Å². The molecule has 8 heavy (non-hydrogen) atoms. The van der Waals surface area contributed by atoms with Gasteiger partial charge in [-0.3, -0.25) is 0 Å². The number of carboxylic acids is 1. The molecule has 2 nitrogen and oxygen atoms in total. The van der Waals surface area contributed by atoms with Crippen molar-refractivity contribution in [2.45, 2.75) is 18.6 Å². The Morgan fingerprint density at radius 1 is 1.88 bits per heavy atom. The third-order valence-electron chi connectivity index (χ3n) is 0.659. The van der Waals surface area contributed by atoms with Crippen molar-refractivity contribution in [1.29, 1.82) is 0 Å². The molecule has 0 aliphatic heterocycles. The van der Waals surface area contributed by atoms with Gasteiger partial charge in [0.2, 0.25) is 0 Å². The molecule has 0 aromatic rings. The summed E-state index contributed by atoms with van der Waals surface area (Å²) in [4.78, 5) is 9.74. The van der Waals surface area contributed by atoms with Crippen molar-refractivity contribution < 1.29 is 39.5 Å². The van der Waals surface area contributed by atoms with Gasteiger partial charge in [0.1, 0.15) is 0 Å². The Balaban J connectivity index is 0. The first-order chi connectivity index (χ1) is 3.18. The molecule has 0 spiro atoms. The summed E-state index contributed by atoms with van der Waals surface area (Å²) in [5.74, 6) is -1.09. The SMILES string of the molecule is CC[C@@H](S)C(=O)[O-].[Na+]. The van der Waals surface area contributed by atoms with Crippen molar-refractivity contribution in [2.24, 2.45) is 0 Å². The smallest absolute Gasteiger partial charge is 0.549 e. The van der Waals surface area contributed by atoms with Gasteiger partial charge >= 0.3 is 29.6 Å². The second-order valence-corrected chi connectivity index (χ2v) is 1.87. The summed E-state index contributed by atoms with van der Waals surface area (Å²) >= 11 is 3.66. The van der Waals surface area contributed by atoms with Crippen LogP contribution in [-0.4, -0.2) is 11.2 Å². The fourth-order valence-electron chi connectivity index (χ4n) is 0.167. The van der Waals surface area contributed by atoms with Crippen LogP contribution in [0.4, 0.5) is 0 Å². The van der Waals surface area contributed by atoms with E-state index in [1.54, 1.807) is 6.92 Å². The number of aliphatic carboxylic acids is 1. The molecule has 0 aromatic heterocycles. The minimum atomic E-state index is -1.09. The molecule has 0 rings (SSSR count). The molecule has 0 fully saturated rings. The monoisotopic (exact) mass is 142 g/mol. The second-order valence-electron chi connectivity index (χ2n) is 1.24. The van der Waals surface area contributed by atoms with Crippen LogP contribution in [0.1, 0.15) is 13.3 Å². The van der Waals surface area contributed by atoms with Crippen LogP contribution in [0.5, 0.6) is 0 Å². The van der Waals surface area contributed by atoms with E-state index in [0.717, 1.165) is 0 Å². The van der Waals surface area contributed by atoms with Gasteiger partial charge in [0.15, 0.2) is 0 Å². The third-order valence-corrected chi connectivity index (χ3v) is 1.23. The predicted molar refractivity (Wildman–Crippen MR) is 28.1 cm³/mol. The average molecular weight is 142 g/mol. The number of thiol groups is 1. The average Bonchev–Trinajstić information content (AvgIpc) is 1.65. The summed E-state index contributed by atoms with van der Waals surface area (Å²) < 4.78 is 0. The summed E-state index contributed by atoms with van der Waals surface area (Å²) in [5, 5.41) is 9.15. The molecule has 1 atom stereocenters. The number of carbonyl (C=O) groups is 1. The standard InChI is InChI=1S/C4H8O2S.Na/c1-2-3(7)4(5)6;/h3,7H,2H2,1H3,(H,5,6);/q;+1/p-1/t3-;/m1./s1. The van der Waals surface area contributed by atoms with Crippen LogP contribution in [-0.2, 0) is 4.79 Å². The summed E-state index contributed by atoms with van der Waals surface area (Å²) in [5.41, 5.74) is 0. The van der Waals surface area contributed by atoms with Crippen molar-refractivity contribution >= 4 is 18.6 Å². The van der Waals surface area contributed by atoms with E-state index < -0.39 is 11.2 Å². The number of carboxylic acid groups (broad SMARTS) is 1. The third kappa shape index (κ3) is 4.97. The maximum atomic E-state index is 9.74. The van der Waals surface area contributed by atoms with Gasteiger partial charge in [-0.2, -0.15) is 12.6 Å². The molecule has 0 N–H and O–H groups in total. The Morgan fingerprint density at radius 3 is 2.25 bits per heavy atom. The first-order valence-electron chi connectivity index (χ1n) is 2.07. The Kier molecular flexibility index (Phi) is 8.62. The van der Waals surface area contributed by atoms with Gasteiger partial charge < -0.3 is 9.90 Å². The Morgan fingerprint density at radius 2 is 2.25 bits per heavy atom. The molecule has 0 saturated carbocycles. The van der Waals surface area contributed by atoms with Crippen molar-refractivity contribution in [3.8, 4) is 0 Å². The van der Waals surface area contributed by atoms with E-state index in [9.17, 15) is 9.90 Å². The quantitative estimate of drug-likeness (QED) is 0.320. The molecule has 0 bridgehead atoms. The van der Waals surface area contributed by atoms with Crippen molar-refractivity contribution in [3.05, 3.63) is 0 Å². The van der Waals surface area contributed by atoms with Crippen LogP contribution in [0.25, 0.3) is 0 Å². The van der Waals surface area contributed by atoms with Gasteiger partial charge in [-0.25, -0.2) is 0 Å². The normalized spacial score (nSPS) is 11.8. The fourth-order valence-corrected chi connectivity index (χ4v) is 0.167. The zero-order chi connectivity index (χ0) is 5.86. The van der Waals surface area contributed by atoms with Crippen molar-refractivity contribution in [2.75, 3.05) is 0 Å². The van der Waals surface area contributed by atoms with Gasteiger partial charge in [-0.1, -0.05) is 6.92 Å². The van der Waals surface area contributed by atoms with E-state index >= 15 is 0 Å². The summed E-state index contributed by atoms with van der Waals surface area (Å²) in [7, 11) is 0. The van der Waals surface area contributed by atoms with Gasteiger partial charge in [-0.05, 0) is 6.42 Å². The largest absolute Gasteiger partial charge is 1.00 e. The van der Waals surface area contributed by atoms with E-state index in [2.05, 4.69) is 12.6 Å². The van der Waals surface area contributed by atoms with Crippen LogP contribution in [0.2, 0.25) is 0 Å². The predicted octanol–water partition coefficient (Wildman–Crippen LogP) is -3.55. The minimum absolute atomic E-state index is 0. The first kappa shape index (κ1) is 11.6. The van der Waals surface area contributed by atoms with Crippen LogP contribution in [0, 0.1) is 0 Å². The van der Waals surface area contributed by atoms with Crippen LogP contribution in [0.15, 0.2) is 0 Å².